The summed E-state index contributed by atoms with van der Waals surface area (Å²) in [5.74, 6) is -0.184. The molecular formula is C21H21FN4O. The quantitative estimate of drug-likeness (QED) is 0.743. The zero-order valence-corrected chi connectivity index (χ0v) is 15.1. The molecule has 2 N–H and O–H groups in total. The summed E-state index contributed by atoms with van der Waals surface area (Å²) >= 11 is 0. The van der Waals surface area contributed by atoms with Gasteiger partial charge < -0.3 is 5.32 Å². The third kappa shape index (κ3) is 3.06. The molecule has 2 aromatic heterocycles. The summed E-state index contributed by atoms with van der Waals surface area (Å²) in [5.41, 5.74) is 3.48. The summed E-state index contributed by atoms with van der Waals surface area (Å²) in [6.07, 6.45) is 5.12. The summed E-state index contributed by atoms with van der Waals surface area (Å²) in [7, 11) is 0. The molecule has 1 atom stereocenters. The summed E-state index contributed by atoms with van der Waals surface area (Å²) < 4.78 is 13.4. The molecule has 0 spiro atoms. The zero-order chi connectivity index (χ0) is 18.9. The lowest BCUT2D eigenvalue weighted by molar-refractivity contribution is -0.123. The van der Waals surface area contributed by atoms with E-state index in [-0.39, 0.29) is 11.6 Å². The minimum absolute atomic E-state index is 0.110. The van der Waals surface area contributed by atoms with Gasteiger partial charge in [0, 0.05) is 30.1 Å². The van der Waals surface area contributed by atoms with Crippen molar-refractivity contribution in [1.82, 2.24) is 20.5 Å². The van der Waals surface area contributed by atoms with Gasteiger partial charge in [0.15, 0.2) is 0 Å². The SMILES string of the molecule is CC(=O)C1(c2[nH]nc(-c3ccc(F)cc3)c2-c2ccncc2)CCCNC1. The Balaban J connectivity index is 1.95. The highest BCUT2D eigenvalue weighted by molar-refractivity contribution is 5.93. The maximum Gasteiger partial charge on any atom is 0.143 e. The first-order valence-corrected chi connectivity index (χ1v) is 9.09. The van der Waals surface area contributed by atoms with Gasteiger partial charge in [0.05, 0.1) is 11.1 Å². The molecule has 1 fully saturated rings. The number of aromatic nitrogens is 3. The smallest absolute Gasteiger partial charge is 0.143 e. The fourth-order valence-electron chi connectivity index (χ4n) is 3.90. The summed E-state index contributed by atoms with van der Waals surface area (Å²) in [4.78, 5) is 16.8. The monoisotopic (exact) mass is 364 g/mol. The fraction of sp³-hybridized carbons (Fsp3) is 0.286. The van der Waals surface area contributed by atoms with Crippen LogP contribution in [0.3, 0.4) is 0 Å². The molecule has 1 aliphatic heterocycles. The molecular weight excluding hydrogens is 343 g/mol. The number of nitrogens with zero attached hydrogens (tertiary/aromatic N) is 2. The second-order valence-electron chi connectivity index (χ2n) is 6.98. The summed E-state index contributed by atoms with van der Waals surface area (Å²) in [6, 6.07) is 10.1. The third-order valence-corrected chi connectivity index (χ3v) is 5.39. The van der Waals surface area contributed by atoms with Gasteiger partial charge in [-0.3, -0.25) is 14.9 Å². The minimum atomic E-state index is -0.651. The van der Waals surface area contributed by atoms with Crippen LogP contribution in [0.4, 0.5) is 4.39 Å². The van der Waals surface area contributed by atoms with Crippen LogP contribution in [-0.2, 0) is 10.2 Å². The molecule has 4 rings (SSSR count). The Morgan fingerprint density at radius 1 is 1.11 bits per heavy atom. The van der Waals surface area contributed by atoms with Crippen LogP contribution < -0.4 is 5.32 Å². The van der Waals surface area contributed by atoms with E-state index < -0.39 is 5.41 Å². The lowest BCUT2D eigenvalue weighted by Gasteiger charge is -2.35. The topological polar surface area (TPSA) is 70.7 Å². The van der Waals surface area contributed by atoms with Gasteiger partial charge in [-0.05, 0) is 68.3 Å². The number of nitrogens with one attached hydrogen (secondary N) is 2. The number of benzene rings is 1. The number of hydrogen-bond acceptors (Lipinski definition) is 4. The number of piperidine rings is 1. The molecule has 0 radical (unpaired) electrons. The van der Waals surface area contributed by atoms with Crippen molar-refractivity contribution in [2.45, 2.75) is 25.2 Å². The standard InChI is InChI=1S/C21H21FN4O/c1-14(27)21(9-2-10-24-13-21)20-18(15-7-11-23-12-8-15)19(25-26-20)16-3-5-17(22)6-4-16/h3-8,11-12,24H,2,9-10,13H2,1H3,(H,25,26). The van der Waals surface area contributed by atoms with E-state index in [9.17, 15) is 9.18 Å². The first kappa shape index (κ1) is 17.5. The number of carbonyl (C=O) groups excluding carboxylic acids is 1. The van der Waals surface area contributed by atoms with Gasteiger partial charge in [0.25, 0.3) is 0 Å². The Morgan fingerprint density at radius 3 is 2.48 bits per heavy atom. The van der Waals surface area contributed by atoms with Crippen molar-refractivity contribution >= 4 is 5.78 Å². The average molecular weight is 364 g/mol. The highest BCUT2D eigenvalue weighted by atomic mass is 19.1. The Bertz CT molecular complexity index is 944. The Labute approximate surface area is 157 Å². The number of ketones is 1. The molecule has 1 aromatic carbocycles. The normalized spacial score (nSPS) is 19.8. The van der Waals surface area contributed by atoms with Crippen molar-refractivity contribution in [3.63, 3.8) is 0 Å². The van der Waals surface area contributed by atoms with E-state index in [1.54, 1.807) is 31.5 Å². The van der Waals surface area contributed by atoms with Gasteiger partial charge in [-0.1, -0.05) is 0 Å². The van der Waals surface area contributed by atoms with Crippen molar-refractivity contribution in [2.75, 3.05) is 13.1 Å². The first-order chi connectivity index (χ1) is 13.1. The minimum Gasteiger partial charge on any atom is -0.315 e. The number of halogens is 1. The molecule has 1 unspecified atom stereocenters. The van der Waals surface area contributed by atoms with Crippen LogP contribution in [0.25, 0.3) is 22.4 Å². The Kier molecular flexibility index (Phi) is 4.58. The second-order valence-corrected chi connectivity index (χ2v) is 6.98. The molecule has 1 aliphatic rings. The van der Waals surface area contributed by atoms with E-state index in [1.165, 1.54) is 12.1 Å². The lowest BCUT2D eigenvalue weighted by Crippen LogP contribution is -2.48. The van der Waals surface area contributed by atoms with Gasteiger partial charge in [-0.25, -0.2) is 4.39 Å². The highest BCUT2D eigenvalue weighted by Gasteiger charge is 2.42. The van der Waals surface area contributed by atoms with E-state index in [4.69, 9.17) is 0 Å². The molecule has 3 aromatic rings. The summed E-state index contributed by atoms with van der Waals surface area (Å²) in [6.45, 7) is 3.12. The number of hydrogen-bond donors (Lipinski definition) is 2. The molecule has 5 nitrogen and oxygen atoms in total. The van der Waals surface area contributed by atoms with E-state index in [0.29, 0.717) is 12.2 Å². The van der Waals surface area contributed by atoms with Crippen molar-refractivity contribution in [2.24, 2.45) is 0 Å². The van der Waals surface area contributed by atoms with E-state index in [2.05, 4.69) is 20.5 Å². The predicted molar refractivity (Wildman–Crippen MR) is 102 cm³/mol. The van der Waals surface area contributed by atoms with Crippen LogP contribution in [0.1, 0.15) is 25.5 Å². The first-order valence-electron chi connectivity index (χ1n) is 9.09. The average Bonchev–Trinajstić information content (AvgIpc) is 3.15. The van der Waals surface area contributed by atoms with Crippen molar-refractivity contribution in [3.8, 4) is 22.4 Å². The van der Waals surface area contributed by atoms with Gasteiger partial charge in [0.2, 0.25) is 0 Å². The predicted octanol–water partition coefficient (Wildman–Crippen LogP) is 3.49. The molecule has 0 amide bonds. The van der Waals surface area contributed by atoms with Crippen molar-refractivity contribution < 1.29 is 9.18 Å². The molecule has 1 saturated heterocycles. The van der Waals surface area contributed by atoms with E-state index in [1.807, 2.05) is 12.1 Å². The molecule has 27 heavy (non-hydrogen) atoms. The molecule has 0 saturated carbocycles. The molecule has 3 heterocycles. The number of Topliss-reactive ketones (excluding diaryl/α,β-unsaturated/α-hetero) is 1. The number of pyridine rings is 1. The largest absolute Gasteiger partial charge is 0.315 e. The van der Waals surface area contributed by atoms with Crippen LogP contribution >= 0.6 is 0 Å². The van der Waals surface area contributed by atoms with Crippen LogP contribution in [-0.4, -0.2) is 34.1 Å². The maximum absolute atomic E-state index is 13.4. The molecule has 138 valence electrons. The maximum atomic E-state index is 13.4. The van der Waals surface area contributed by atoms with Crippen molar-refractivity contribution in [3.05, 3.63) is 60.3 Å². The Morgan fingerprint density at radius 2 is 1.85 bits per heavy atom. The zero-order valence-electron chi connectivity index (χ0n) is 15.1. The summed E-state index contributed by atoms with van der Waals surface area (Å²) in [5, 5.41) is 11.1. The number of aromatic amines is 1. The number of H-pyrrole nitrogens is 1. The number of rotatable bonds is 4. The van der Waals surface area contributed by atoms with Crippen LogP contribution in [0.2, 0.25) is 0 Å². The van der Waals surface area contributed by atoms with Crippen LogP contribution in [0.15, 0.2) is 48.8 Å². The molecule has 0 bridgehead atoms. The molecule has 6 heteroatoms. The van der Waals surface area contributed by atoms with Gasteiger partial charge in [0.1, 0.15) is 17.3 Å². The third-order valence-electron chi connectivity index (χ3n) is 5.39. The van der Waals surface area contributed by atoms with Crippen molar-refractivity contribution in [1.29, 1.82) is 0 Å². The van der Waals surface area contributed by atoms with E-state index >= 15 is 0 Å². The van der Waals surface area contributed by atoms with Crippen LogP contribution in [0, 0.1) is 5.82 Å². The van der Waals surface area contributed by atoms with Gasteiger partial charge in [-0.2, -0.15) is 5.10 Å². The van der Waals surface area contributed by atoms with Gasteiger partial charge >= 0.3 is 0 Å². The Hall–Kier alpha value is -2.86. The second kappa shape index (κ2) is 7.04. The fourth-order valence-corrected chi connectivity index (χ4v) is 3.90. The van der Waals surface area contributed by atoms with Crippen LogP contribution in [0.5, 0.6) is 0 Å². The van der Waals surface area contributed by atoms with E-state index in [0.717, 1.165) is 41.8 Å². The molecule has 0 aliphatic carbocycles. The van der Waals surface area contributed by atoms with Gasteiger partial charge in [-0.15, -0.1) is 0 Å². The highest BCUT2D eigenvalue weighted by Crippen LogP contribution is 2.41. The number of carbonyl (C=O) groups is 1. The lowest BCUT2D eigenvalue weighted by atomic mass is 9.72.